The molecule has 0 radical (unpaired) electrons. The maximum atomic E-state index is 5.88. The predicted octanol–water partition coefficient (Wildman–Crippen LogP) is 12.3. The summed E-state index contributed by atoms with van der Waals surface area (Å²) >= 11 is -1.88. The molecule has 0 aliphatic heterocycles. The Kier molecular flexibility index (Phi) is 11.6. The predicted molar refractivity (Wildman–Crippen MR) is 171 cm³/mol. The Morgan fingerprint density at radius 3 is 1.36 bits per heavy atom. The molecule has 0 bridgehead atoms. The Morgan fingerprint density at radius 1 is 0.538 bits per heavy atom. The zero-order chi connectivity index (χ0) is 26.9. The molecule has 4 aromatic carbocycles. The van der Waals surface area contributed by atoms with E-state index in [4.69, 9.17) is 17.0 Å². The van der Waals surface area contributed by atoms with Gasteiger partial charge in [0.2, 0.25) is 0 Å². The third kappa shape index (κ3) is 8.05. The first-order valence-electron chi connectivity index (χ1n) is 15.5. The largest absolute Gasteiger partial charge is 0.150 e. The molecule has 0 heterocycles. The van der Waals surface area contributed by atoms with Crippen LogP contribution in [0.1, 0.15) is 119 Å². The van der Waals surface area contributed by atoms with E-state index in [0.717, 1.165) is 11.8 Å². The Bertz CT molecular complexity index is 1230. The van der Waals surface area contributed by atoms with E-state index in [1.807, 2.05) is 0 Å². The summed E-state index contributed by atoms with van der Waals surface area (Å²) in [6.07, 6.45) is 20.7. The van der Waals surface area contributed by atoms with Gasteiger partial charge in [-0.2, -0.15) is 11.1 Å². The summed E-state index contributed by atoms with van der Waals surface area (Å²) in [6, 6.07) is 26.8. The molecule has 7 rings (SSSR count). The fraction of sp³-hybridized carbons (Fsp3) is 0.472. The van der Waals surface area contributed by atoms with Crippen molar-refractivity contribution in [2.45, 2.75) is 108 Å². The molecule has 0 N–H and O–H groups in total. The molecule has 0 saturated heterocycles. The molecule has 3 aliphatic carbocycles. The summed E-state index contributed by atoms with van der Waals surface area (Å²) in [5.74, 6) is 1.66. The van der Waals surface area contributed by atoms with Crippen molar-refractivity contribution in [3.05, 3.63) is 83.9 Å². The van der Waals surface area contributed by atoms with Gasteiger partial charge in [0.25, 0.3) is 0 Å². The first kappa shape index (κ1) is 29.5. The average molecular weight is 639 g/mol. The van der Waals surface area contributed by atoms with Crippen LogP contribution in [0.15, 0.2) is 72.8 Å². The second-order valence-corrected chi connectivity index (χ2v) is 20.5. The van der Waals surface area contributed by atoms with Crippen LogP contribution in [0.4, 0.5) is 0 Å². The van der Waals surface area contributed by atoms with E-state index in [-0.39, 0.29) is 0 Å². The molecule has 208 valence electrons. The smallest absolute Gasteiger partial charge is 0.0533 e. The van der Waals surface area contributed by atoms with Crippen LogP contribution in [0.2, 0.25) is 0 Å². The first-order valence-corrected chi connectivity index (χ1v) is 23.1. The molecule has 3 saturated carbocycles. The maximum Gasteiger partial charge on any atom is -0.0533 e. The van der Waals surface area contributed by atoms with E-state index in [1.165, 1.54) is 121 Å². The number of halogens is 2. The number of hydrogen-bond acceptors (Lipinski definition) is 0. The van der Waals surface area contributed by atoms with Crippen LogP contribution in [-0.2, 0) is 18.9 Å². The topological polar surface area (TPSA) is 0 Å². The summed E-state index contributed by atoms with van der Waals surface area (Å²) in [6.45, 7) is 0. The van der Waals surface area contributed by atoms with Crippen LogP contribution in [0, 0.1) is 0 Å². The Labute approximate surface area is 251 Å². The van der Waals surface area contributed by atoms with Gasteiger partial charge < -0.3 is 0 Å². The van der Waals surface area contributed by atoms with E-state index in [0.29, 0.717) is 0 Å². The standard InChI is InChI=1S/2C15H17.C6H10.2ClH.Zr/c2*1-2-6-12(7-3-1)15-11-10-13-8-4-5-9-14(13)15;1-2-4-6-5-3-1;;;/h2*4-5,8-12H,1-3,6-7H2;1-5H2;2*1H;/q2*-1;;;;+2/p-2. The molecule has 3 heteroatoms. The van der Waals surface area contributed by atoms with Crippen LogP contribution >= 0.6 is 17.0 Å². The Morgan fingerprint density at radius 2 is 0.949 bits per heavy atom. The van der Waals surface area contributed by atoms with E-state index in [9.17, 15) is 0 Å². The Balaban J connectivity index is 0.000000123. The van der Waals surface area contributed by atoms with Crippen LogP contribution in [0.25, 0.3) is 21.5 Å². The van der Waals surface area contributed by atoms with Crippen LogP contribution in [-0.4, -0.2) is 3.21 Å². The second kappa shape index (κ2) is 15.3. The quantitative estimate of drug-likeness (QED) is 0.192. The molecule has 0 nitrogen and oxygen atoms in total. The summed E-state index contributed by atoms with van der Waals surface area (Å²) in [5.41, 5.74) is 3.20. The van der Waals surface area contributed by atoms with E-state index in [1.54, 1.807) is 11.1 Å². The van der Waals surface area contributed by atoms with Gasteiger partial charge in [0.15, 0.2) is 0 Å². The summed E-state index contributed by atoms with van der Waals surface area (Å²) in [5, 5.41) is 5.81. The SMILES string of the molecule is [Cl][Zr]([Cl])=[C]1CCCCC1.c1ccc2c(C3CCCCC3)c[cH-]c2c1.c1ccc2c(C3CCCCC3)c[cH-]c2c1. The van der Waals surface area contributed by atoms with E-state index < -0.39 is 18.9 Å². The van der Waals surface area contributed by atoms with Gasteiger partial charge in [-0.15, -0.1) is 82.2 Å². The van der Waals surface area contributed by atoms with Gasteiger partial charge in [-0.05, 0) is 0 Å². The maximum absolute atomic E-state index is 5.88. The molecule has 0 unspecified atom stereocenters. The first-order chi connectivity index (χ1) is 19.2. The summed E-state index contributed by atoms with van der Waals surface area (Å²) in [4.78, 5) is 0. The summed E-state index contributed by atoms with van der Waals surface area (Å²) in [7, 11) is 11.8. The van der Waals surface area contributed by atoms with Crippen molar-refractivity contribution in [3.63, 3.8) is 0 Å². The van der Waals surface area contributed by atoms with Gasteiger partial charge in [-0.25, -0.2) is 0 Å². The van der Waals surface area contributed by atoms with Gasteiger partial charge in [-0.1, -0.05) is 88.2 Å². The van der Waals surface area contributed by atoms with Crippen molar-refractivity contribution in [2.24, 2.45) is 0 Å². The molecule has 0 atom stereocenters. The van der Waals surface area contributed by atoms with Gasteiger partial charge >= 0.3 is 71.2 Å². The molecule has 3 fully saturated rings. The molecule has 0 spiro atoms. The van der Waals surface area contributed by atoms with Crippen molar-refractivity contribution in [3.8, 4) is 0 Å². The fourth-order valence-electron chi connectivity index (χ4n) is 7.06. The van der Waals surface area contributed by atoms with Crippen molar-refractivity contribution in [1.82, 2.24) is 0 Å². The van der Waals surface area contributed by atoms with Gasteiger partial charge in [-0.3, -0.25) is 0 Å². The number of benzene rings is 2. The van der Waals surface area contributed by atoms with Crippen LogP contribution < -0.4 is 0 Å². The zero-order valence-electron chi connectivity index (χ0n) is 23.4. The number of hydrogen-bond donors (Lipinski definition) is 0. The fourth-order valence-corrected chi connectivity index (χ4v) is 11.1. The molecular formula is C36H44Cl2Zr-2. The van der Waals surface area contributed by atoms with Gasteiger partial charge in [0, 0.05) is 0 Å². The molecule has 0 aromatic heterocycles. The monoisotopic (exact) mass is 636 g/mol. The van der Waals surface area contributed by atoms with Crippen molar-refractivity contribution in [1.29, 1.82) is 0 Å². The average Bonchev–Trinajstić information content (AvgIpc) is 3.64. The van der Waals surface area contributed by atoms with Gasteiger partial charge in [0.05, 0.1) is 0 Å². The molecular weight excluding hydrogens is 595 g/mol. The van der Waals surface area contributed by atoms with Crippen LogP contribution in [0.3, 0.4) is 0 Å². The Hall–Kier alpha value is -1.01. The van der Waals surface area contributed by atoms with E-state index >= 15 is 0 Å². The minimum Gasteiger partial charge on any atom is -0.150 e. The molecule has 3 aliphatic rings. The van der Waals surface area contributed by atoms with Crippen molar-refractivity contribution < 1.29 is 18.9 Å². The van der Waals surface area contributed by atoms with E-state index in [2.05, 4.69) is 72.8 Å². The van der Waals surface area contributed by atoms with Gasteiger partial charge in [0.1, 0.15) is 0 Å². The second-order valence-electron chi connectivity index (χ2n) is 11.8. The molecule has 0 amide bonds. The molecule has 39 heavy (non-hydrogen) atoms. The minimum absolute atomic E-state index is 0.832. The zero-order valence-corrected chi connectivity index (χ0v) is 27.4. The minimum atomic E-state index is -1.88. The number of rotatable bonds is 2. The van der Waals surface area contributed by atoms with Crippen molar-refractivity contribution >= 4 is 41.8 Å². The third-order valence-electron chi connectivity index (χ3n) is 9.24. The normalized spacial score (nSPS) is 18.8. The van der Waals surface area contributed by atoms with Crippen LogP contribution in [0.5, 0.6) is 0 Å². The third-order valence-corrected chi connectivity index (χ3v) is 14.9. The molecule has 4 aromatic rings. The number of fused-ring (bicyclic) bond motifs is 2. The summed E-state index contributed by atoms with van der Waals surface area (Å²) < 4.78 is 1.53. The van der Waals surface area contributed by atoms with Crippen molar-refractivity contribution in [2.75, 3.05) is 0 Å².